The number of β-amino-alcohol motifs (C(OH)–C–C–N with tert-alkyl or cyclic N) is 1. The minimum absolute atomic E-state index is 0.223. The predicted molar refractivity (Wildman–Crippen MR) is 75.0 cm³/mol. The van der Waals surface area contributed by atoms with E-state index in [1.165, 1.54) is 0 Å². The number of hydrogen-bond donors (Lipinski definition) is 2. The van der Waals surface area contributed by atoms with Crippen molar-refractivity contribution in [3.05, 3.63) is 10.7 Å². The minimum Gasteiger partial charge on any atom is -0.395 e. The molecule has 1 aliphatic heterocycles. The first-order valence-electron chi connectivity index (χ1n) is 6.03. The second kappa shape index (κ2) is 6.31. The molecular weight excluding hydrogens is 298 g/mol. The highest BCUT2D eigenvalue weighted by Gasteiger charge is 2.19. The molecule has 1 fully saturated rings. The van der Waals surface area contributed by atoms with E-state index in [-0.39, 0.29) is 6.61 Å². The molecule has 0 bridgehead atoms. The third-order valence-corrected chi connectivity index (χ3v) is 3.60. The Labute approximate surface area is 115 Å². The van der Waals surface area contributed by atoms with Crippen molar-refractivity contribution < 1.29 is 5.11 Å². The Bertz CT molecular complexity index is 395. The summed E-state index contributed by atoms with van der Waals surface area (Å²) in [5.41, 5.74) is 0. The molecule has 1 saturated heterocycles. The molecule has 1 aliphatic rings. The Morgan fingerprint density at radius 2 is 2.11 bits per heavy atom. The molecule has 1 aromatic rings. The van der Waals surface area contributed by atoms with Crippen molar-refractivity contribution in [2.45, 2.75) is 0 Å². The van der Waals surface area contributed by atoms with E-state index >= 15 is 0 Å². The van der Waals surface area contributed by atoms with Crippen LogP contribution in [0.2, 0.25) is 0 Å². The molecule has 0 aromatic carbocycles. The van der Waals surface area contributed by atoms with Crippen molar-refractivity contribution in [1.29, 1.82) is 0 Å². The van der Waals surface area contributed by atoms with E-state index in [0.29, 0.717) is 5.95 Å². The molecule has 0 unspecified atom stereocenters. The lowest BCUT2D eigenvalue weighted by molar-refractivity contribution is 0.188. The summed E-state index contributed by atoms with van der Waals surface area (Å²) in [7, 11) is 1.81. The topological polar surface area (TPSA) is 64.5 Å². The van der Waals surface area contributed by atoms with Gasteiger partial charge in [-0.3, -0.25) is 4.90 Å². The van der Waals surface area contributed by atoms with E-state index in [9.17, 15) is 0 Å². The number of hydrogen-bond acceptors (Lipinski definition) is 6. The number of aliphatic hydroxyl groups excluding tert-OH is 1. The number of anilines is 2. The number of piperazine rings is 1. The average molecular weight is 316 g/mol. The number of aliphatic hydroxyl groups is 1. The Morgan fingerprint density at radius 1 is 1.39 bits per heavy atom. The number of rotatable bonds is 4. The Hall–Kier alpha value is -0.920. The fourth-order valence-electron chi connectivity index (χ4n) is 2.03. The number of nitrogens with one attached hydrogen (secondary N) is 1. The SMILES string of the molecule is CNc1ncc(Br)c(N2CCN(CCO)CC2)n1. The van der Waals surface area contributed by atoms with Gasteiger partial charge in [-0.15, -0.1) is 0 Å². The summed E-state index contributed by atoms with van der Waals surface area (Å²) in [6, 6.07) is 0. The van der Waals surface area contributed by atoms with Gasteiger partial charge < -0.3 is 15.3 Å². The quantitative estimate of drug-likeness (QED) is 0.838. The van der Waals surface area contributed by atoms with Crippen LogP contribution in [0.25, 0.3) is 0 Å². The predicted octanol–water partition coefficient (Wildman–Crippen LogP) is 0.395. The van der Waals surface area contributed by atoms with Crippen LogP contribution < -0.4 is 10.2 Å². The Balaban J connectivity index is 2.04. The van der Waals surface area contributed by atoms with Crippen LogP contribution in [0.1, 0.15) is 0 Å². The summed E-state index contributed by atoms with van der Waals surface area (Å²) in [6.45, 7) is 4.71. The van der Waals surface area contributed by atoms with Crippen molar-refractivity contribution in [3.63, 3.8) is 0 Å². The highest BCUT2D eigenvalue weighted by molar-refractivity contribution is 9.10. The lowest BCUT2D eigenvalue weighted by atomic mass is 10.3. The first-order valence-corrected chi connectivity index (χ1v) is 6.82. The zero-order valence-electron chi connectivity index (χ0n) is 10.4. The summed E-state index contributed by atoms with van der Waals surface area (Å²) < 4.78 is 0.914. The van der Waals surface area contributed by atoms with Crippen molar-refractivity contribution in [2.24, 2.45) is 0 Å². The van der Waals surface area contributed by atoms with Crippen LogP contribution in [-0.4, -0.2) is 66.4 Å². The molecule has 0 radical (unpaired) electrons. The van der Waals surface area contributed by atoms with Crippen molar-refractivity contribution >= 4 is 27.7 Å². The van der Waals surface area contributed by atoms with Gasteiger partial charge in [-0.25, -0.2) is 4.98 Å². The zero-order valence-corrected chi connectivity index (χ0v) is 12.0. The highest BCUT2D eigenvalue weighted by atomic mass is 79.9. The van der Waals surface area contributed by atoms with E-state index in [0.717, 1.165) is 43.0 Å². The zero-order chi connectivity index (χ0) is 13.0. The van der Waals surface area contributed by atoms with Crippen LogP contribution in [-0.2, 0) is 0 Å². The van der Waals surface area contributed by atoms with Gasteiger partial charge in [0.2, 0.25) is 5.95 Å². The van der Waals surface area contributed by atoms with Crippen LogP contribution >= 0.6 is 15.9 Å². The van der Waals surface area contributed by atoms with Crippen LogP contribution in [0.4, 0.5) is 11.8 Å². The maximum atomic E-state index is 8.92. The molecule has 1 aromatic heterocycles. The van der Waals surface area contributed by atoms with Crippen molar-refractivity contribution in [1.82, 2.24) is 14.9 Å². The number of halogens is 1. The van der Waals surface area contributed by atoms with E-state index in [1.54, 1.807) is 6.20 Å². The van der Waals surface area contributed by atoms with Gasteiger partial charge in [-0.1, -0.05) is 0 Å². The van der Waals surface area contributed by atoms with E-state index in [1.807, 2.05) is 7.05 Å². The molecule has 2 N–H and O–H groups in total. The first-order chi connectivity index (χ1) is 8.74. The largest absolute Gasteiger partial charge is 0.395 e. The fourth-order valence-corrected chi connectivity index (χ4v) is 2.47. The van der Waals surface area contributed by atoms with E-state index < -0.39 is 0 Å². The van der Waals surface area contributed by atoms with Crippen LogP contribution in [0.3, 0.4) is 0 Å². The molecular formula is C11H18BrN5O. The summed E-state index contributed by atoms with van der Waals surface area (Å²) >= 11 is 3.49. The number of aromatic nitrogens is 2. The smallest absolute Gasteiger partial charge is 0.224 e. The monoisotopic (exact) mass is 315 g/mol. The second-order valence-corrected chi connectivity index (χ2v) is 5.02. The van der Waals surface area contributed by atoms with Gasteiger partial charge >= 0.3 is 0 Å². The molecule has 2 rings (SSSR count). The summed E-state index contributed by atoms with van der Waals surface area (Å²) in [5, 5.41) is 11.9. The third kappa shape index (κ3) is 3.09. The summed E-state index contributed by atoms with van der Waals surface area (Å²) in [4.78, 5) is 13.1. The van der Waals surface area contributed by atoms with E-state index in [4.69, 9.17) is 5.11 Å². The van der Waals surface area contributed by atoms with Crippen LogP contribution in [0.15, 0.2) is 10.7 Å². The standard InChI is InChI=1S/C11H18BrN5O/c1-13-11-14-8-9(12)10(15-11)17-4-2-16(3-5-17)6-7-18/h8,18H,2-7H2,1H3,(H,13,14,15). The van der Waals surface area contributed by atoms with Gasteiger partial charge in [0.1, 0.15) is 5.82 Å². The molecule has 18 heavy (non-hydrogen) atoms. The average Bonchev–Trinajstić information content (AvgIpc) is 2.41. The lowest BCUT2D eigenvalue weighted by Crippen LogP contribution is -2.47. The van der Waals surface area contributed by atoms with Gasteiger partial charge in [0.15, 0.2) is 0 Å². The lowest BCUT2D eigenvalue weighted by Gasteiger charge is -2.35. The third-order valence-electron chi connectivity index (χ3n) is 3.04. The maximum absolute atomic E-state index is 8.92. The van der Waals surface area contributed by atoms with Crippen molar-refractivity contribution in [2.75, 3.05) is 56.6 Å². The van der Waals surface area contributed by atoms with Crippen LogP contribution in [0.5, 0.6) is 0 Å². The molecule has 0 saturated carbocycles. The van der Waals surface area contributed by atoms with E-state index in [2.05, 4.69) is 41.0 Å². The molecule has 100 valence electrons. The van der Waals surface area contributed by atoms with Gasteiger partial charge in [0.05, 0.1) is 11.1 Å². The van der Waals surface area contributed by atoms with Gasteiger partial charge in [-0.05, 0) is 15.9 Å². The molecule has 7 heteroatoms. The van der Waals surface area contributed by atoms with Crippen LogP contribution in [0, 0.1) is 0 Å². The van der Waals surface area contributed by atoms with Gasteiger partial charge in [0.25, 0.3) is 0 Å². The minimum atomic E-state index is 0.223. The first kappa shape index (κ1) is 13.5. The van der Waals surface area contributed by atoms with Gasteiger partial charge in [0, 0.05) is 46.0 Å². The maximum Gasteiger partial charge on any atom is 0.224 e. The normalized spacial score (nSPS) is 16.9. The highest BCUT2D eigenvalue weighted by Crippen LogP contribution is 2.25. The van der Waals surface area contributed by atoms with Gasteiger partial charge in [-0.2, -0.15) is 4.98 Å². The molecule has 6 nitrogen and oxygen atoms in total. The fraction of sp³-hybridized carbons (Fsp3) is 0.636. The molecule has 0 aliphatic carbocycles. The molecule has 0 spiro atoms. The molecule has 0 atom stereocenters. The summed E-state index contributed by atoms with van der Waals surface area (Å²) in [6.07, 6.45) is 1.77. The second-order valence-electron chi connectivity index (χ2n) is 4.17. The molecule has 0 amide bonds. The molecule has 2 heterocycles. The van der Waals surface area contributed by atoms with Crippen molar-refractivity contribution in [3.8, 4) is 0 Å². The Morgan fingerprint density at radius 3 is 2.72 bits per heavy atom. The Kier molecular flexibility index (Phi) is 4.73. The number of nitrogens with zero attached hydrogens (tertiary/aromatic N) is 4. The summed E-state index contributed by atoms with van der Waals surface area (Å²) in [5.74, 6) is 1.56.